The lowest BCUT2D eigenvalue weighted by molar-refractivity contribution is -0.128. The number of aryl methyl sites for hydroxylation is 1. The van der Waals surface area contributed by atoms with Crippen molar-refractivity contribution < 1.29 is 22.2 Å². The summed E-state index contributed by atoms with van der Waals surface area (Å²) >= 11 is 0. The van der Waals surface area contributed by atoms with Crippen LogP contribution in [0, 0.1) is 6.92 Å². The molecule has 8 heteroatoms. The summed E-state index contributed by atoms with van der Waals surface area (Å²) in [5.74, 6) is -0.484. The lowest BCUT2D eigenvalue weighted by Crippen LogP contribution is -2.41. The first kappa shape index (κ1) is 25.2. The molecule has 0 aliphatic carbocycles. The van der Waals surface area contributed by atoms with Gasteiger partial charge in [0.1, 0.15) is 16.3 Å². The van der Waals surface area contributed by atoms with Crippen molar-refractivity contribution in [2.24, 2.45) is 0 Å². The second kappa shape index (κ2) is 11.2. The molecule has 0 atom stereocenters. The molecule has 1 saturated heterocycles. The first-order chi connectivity index (χ1) is 17.3. The fraction of sp³-hybridized carbons (Fsp3) is 0.214. The third-order valence-electron chi connectivity index (χ3n) is 5.86. The van der Waals surface area contributed by atoms with Crippen molar-refractivity contribution in [1.29, 1.82) is 0 Å². The van der Waals surface area contributed by atoms with E-state index in [9.17, 15) is 18.0 Å². The molecule has 1 fully saturated rings. The van der Waals surface area contributed by atoms with Crippen LogP contribution < -0.4 is 9.50 Å². The Labute approximate surface area is 211 Å². The smallest absolute Gasteiger partial charge is 0.339 e. The van der Waals surface area contributed by atoms with E-state index in [1.165, 1.54) is 24.3 Å². The van der Waals surface area contributed by atoms with E-state index in [1.54, 1.807) is 59.5 Å². The van der Waals surface area contributed by atoms with Gasteiger partial charge in [-0.3, -0.25) is 9.59 Å². The average molecular weight is 505 g/mol. The Bertz CT molecular complexity index is 1340. The van der Waals surface area contributed by atoms with Gasteiger partial charge >= 0.3 is 10.1 Å². The lowest BCUT2D eigenvalue weighted by Gasteiger charge is -2.27. The average Bonchev–Trinajstić information content (AvgIpc) is 2.90. The van der Waals surface area contributed by atoms with Crippen molar-refractivity contribution in [3.05, 3.63) is 101 Å². The third-order valence-corrected chi connectivity index (χ3v) is 7.13. The highest BCUT2D eigenvalue weighted by Crippen LogP contribution is 2.21. The van der Waals surface area contributed by atoms with E-state index >= 15 is 0 Å². The van der Waals surface area contributed by atoms with Gasteiger partial charge in [-0.15, -0.1) is 0 Å². The van der Waals surface area contributed by atoms with Gasteiger partial charge in [-0.05, 0) is 74.2 Å². The Kier molecular flexibility index (Phi) is 7.85. The number of amides is 2. The highest BCUT2D eigenvalue weighted by atomic mass is 32.2. The molecule has 1 N–H and O–H groups in total. The highest BCUT2D eigenvalue weighted by Gasteiger charge is 2.22. The van der Waals surface area contributed by atoms with Gasteiger partial charge in [-0.1, -0.05) is 48.0 Å². The number of piperidine rings is 1. The van der Waals surface area contributed by atoms with Crippen LogP contribution in [0.1, 0.15) is 40.7 Å². The van der Waals surface area contributed by atoms with Gasteiger partial charge in [0, 0.05) is 18.7 Å². The molecule has 2 amide bonds. The maximum Gasteiger partial charge on any atom is 0.339 e. The molecular weight excluding hydrogens is 476 g/mol. The van der Waals surface area contributed by atoms with Crippen LogP contribution in [-0.2, 0) is 14.9 Å². The van der Waals surface area contributed by atoms with Gasteiger partial charge in [0.05, 0.1) is 0 Å². The van der Waals surface area contributed by atoms with E-state index in [4.69, 9.17) is 4.18 Å². The lowest BCUT2D eigenvalue weighted by atomic mass is 10.1. The molecule has 0 spiro atoms. The minimum absolute atomic E-state index is 0.0649. The molecular formula is C28H28N2O5S. The van der Waals surface area contributed by atoms with Crippen LogP contribution in [0.15, 0.2) is 89.5 Å². The van der Waals surface area contributed by atoms with E-state index in [0.717, 1.165) is 24.8 Å². The van der Waals surface area contributed by atoms with E-state index in [0.29, 0.717) is 24.2 Å². The van der Waals surface area contributed by atoms with Crippen molar-refractivity contribution >= 4 is 28.0 Å². The molecule has 1 aliphatic heterocycles. The summed E-state index contributed by atoms with van der Waals surface area (Å²) in [4.78, 5) is 27.8. The second-order valence-corrected chi connectivity index (χ2v) is 10.2. The zero-order valence-corrected chi connectivity index (χ0v) is 20.8. The topological polar surface area (TPSA) is 92.8 Å². The van der Waals surface area contributed by atoms with Crippen LogP contribution in [0.25, 0.3) is 6.08 Å². The first-order valence-electron chi connectivity index (χ1n) is 11.8. The summed E-state index contributed by atoms with van der Waals surface area (Å²) in [6, 6.07) is 21.4. The van der Waals surface area contributed by atoms with Gasteiger partial charge < -0.3 is 14.4 Å². The highest BCUT2D eigenvalue weighted by molar-refractivity contribution is 7.87. The van der Waals surface area contributed by atoms with Crippen LogP contribution in [0.4, 0.5) is 0 Å². The fourth-order valence-electron chi connectivity index (χ4n) is 3.87. The third kappa shape index (κ3) is 6.40. The Balaban J connectivity index is 1.55. The predicted octanol–water partition coefficient (Wildman–Crippen LogP) is 4.55. The molecule has 3 aromatic rings. The van der Waals surface area contributed by atoms with Crippen molar-refractivity contribution in [2.75, 3.05) is 13.1 Å². The molecule has 3 aromatic carbocycles. The Morgan fingerprint density at radius 3 is 2.14 bits per heavy atom. The molecule has 0 saturated carbocycles. The fourth-order valence-corrected chi connectivity index (χ4v) is 4.80. The van der Waals surface area contributed by atoms with Crippen LogP contribution >= 0.6 is 0 Å². The SMILES string of the molecule is Cc1ccc(S(=O)(=O)Oc2ccc(/C=C(\NC(=O)c3ccccc3)C(=O)N3CCCCC3)cc2)cc1. The summed E-state index contributed by atoms with van der Waals surface area (Å²) in [6.45, 7) is 3.15. The van der Waals surface area contributed by atoms with E-state index in [-0.39, 0.29) is 28.2 Å². The number of nitrogens with zero attached hydrogens (tertiary/aromatic N) is 1. The van der Waals surface area contributed by atoms with E-state index in [2.05, 4.69) is 5.32 Å². The molecule has 0 bridgehead atoms. The Hall–Kier alpha value is -3.91. The van der Waals surface area contributed by atoms with Crippen LogP contribution in [0.3, 0.4) is 0 Å². The van der Waals surface area contributed by atoms with Crippen molar-refractivity contribution in [2.45, 2.75) is 31.1 Å². The van der Waals surface area contributed by atoms with Gasteiger partial charge in [0.25, 0.3) is 11.8 Å². The zero-order valence-electron chi connectivity index (χ0n) is 20.0. The maximum absolute atomic E-state index is 13.2. The number of hydrogen-bond acceptors (Lipinski definition) is 5. The zero-order chi connectivity index (χ0) is 25.5. The number of hydrogen-bond donors (Lipinski definition) is 1. The molecule has 186 valence electrons. The van der Waals surface area contributed by atoms with Crippen molar-refractivity contribution in [3.8, 4) is 5.75 Å². The van der Waals surface area contributed by atoms with Gasteiger partial charge in [0.2, 0.25) is 0 Å². The first-order valence-corrected chi connectivity index (χ1v) is 13.2. The largest absolute Gasteiger partial charge is 0.379 e. The normalized spacial score (nSPS) is 14.2. The minimum atomic E-state index is -3.97. The molecule has 0 unspecified atom stereocenters. The van der Waals surface area contributed by atoms with E-state index in [1.807, 2.05) is 13.0 Å². The van der Waals surface area contributed by atoms with Crippen molar-refractivity contribution in [3.63, 3.8) is 0 Å². The summed E-state index contributed by atoms with van der Waals surface area (Å²) in [5, 5.41) is 2.76. The van der Waals surface area contributed by atoms with Crippen LogP contribution in [0.5, 0.6) is 5.75 Å². The summed E-state index contributed by atoms with van der Waals surface area (Å²) < 4.78 is 30.4. The summed E-state index contributed by atoms with van der Waals surface area (Å²) in [6.07, 6.45) is 4.52. The molecule has 1 heterocycles. The van der Waals surface area contributed by atoms with Gasteiger partial charge in [-0.25, -0.2) is 0 Å². The maximum atomic E-state index is 13.2. The van der Waals surface area contributed by atoms with Crippen LogP contribution in [-0.4, -0.2) is 38.2 Å². The van der Waals surface area contributed by atoms with E-state index < -0.39 is 10.1 Å². The number of benzene rings is 3. The standard InChI is InChI=1S/C28H28N2O5S/c1-21-10-16-25(17-11-21)36(33,34)35-24-14-12-22(13-15-24)20-26(28(32)30-18-6-3-7-19-30)29-27(31)23-8-4-2-5-9-23/h2,4-5,8-17,20H,3,6-7,18-19H2,1H3,(H,29,31)/b26-20-. The molecule has 4 rings (SSSR count). The molecule has 1 aliphatic rings. The summed E-state index contributed by atoms with van der Waals surface area (Å²) in [5.41, 5.74) is 2.16. The number of likely N-dealkylation sites (tertiary alicyclic amines) is 1. The van der Waals surface area contributed by atoms with Gasteiger partial charge in [-0.2, -0.15) is 8.42 Å². The number of carbonyl (C=O) groups excluding carboxylic acids is 2. The Morgan fingerprint density at radius 1 is 0.861 bits per heavy atom. The second-order valence-electron chi connectivity index (χ2n) is 8.65. The predicted molar refractivity (Wildman–Crippen MR) is 138 cm³/mol. The van der Waals surface area contributed by atoms with Gasteiger partial charge in [0.15, 0.2) is 0 Å². The quantitative estimate of drug-likeness (QED) is 0.377. The van der Waals surface area contributed by atoms with Crippen LogP contribution in [0.2, 0.25) is 0 Å². The monoisotopic (exact) mass is 504 g/mol. The molecule has 7 nitrogen and oxygen atoms in total. The molecule has 0 aromatic heterocycles. The number of nitrogens with one attached hydrogen (secondary N) is 1. The summed E-state index contributed by atoms with van der Waals surface area (Å²) in [7, 11) is -3.97. The minimum Gasteiger partial charge on any atom is -0.379 e. The number of carbonyl (C=O) groups is 2. The van der Waals surface area contributed by atoms with Crippen molar-refractivity contribution in [1.82, 2.24) is 10.2 Å². The Morgan fingerprint density at radius 2 is 1.50 bits per heavy atom. The molecule has 0 radical (unpaired) electrons. The molecule has 36 heavy (non-hydrogen) atoms. The number of rotatable bonds is 7.